The molecule has 0 radical (unpaired) electrons. The van der Waals surface area contributed by atoms with Gasteiger partial charge in [0.05, 0.1) is 31.5 Å². The summed E-state index contributed by atoms with van der Waals surface area (Å²) in [6.45, 7) is 15.4. The van der Waals surface area contributed by atoms with E-state index in [1.54, 1.807) is 4.90 Å². The van der Waals surface area contributed by atoms with Crippen LogP contribution < -0.4 is 4.74 Å². The Balaban J connectivity index is 1.49. The summed E-state index contributed by atoms with van der Waals surface area (Å²) in [5, 5.41) is 0. The Morgan fingerprint density at radius 3 is 2.35 bits per heavy atom. The van der Waals surface area contributed by atoms with Gasteiger partial charge in [-0.2, -0.15) is 0 Å². The molecule has 1 saturated carbocycles. The normalized spacial score (nSPS) is 23.1. The second-order valence-corrected chi connectivity index (χ2v) is 13.4. The van der Waals surface area contributed by atoms with Crippen LogP contribution in [0.1, 0.15) is 111 Å². The largest absolute Gasteiger partial charge is 0.478 e. The monoisotopic (exact) mass is 606 g/mol. The average molecular weight is 607 g/mol. The van der Waals surface area contributed by atoms with Crippen LogP contribution >= 0.6 is 0 Å². The van der Waals surface area contributed by atoms with Gasteiger partial charge in [-0.25, -0.2) is 9.78 Å². The molecule has 0 unspecified atom stereocenters. The third-order valence-electron chi connectivity index (χ3n) is 7.45. The number of rotatable bonds is 13. The highest BCUT2D eigenvalue weighted by molar-refractivity contribution is 5.69. The van der Waals surface area contributed by atoms with Crippen molar-refractivity contribution in [2.24, 2.45) is 0 Å². The van der Waals surface area contributed by atoms with Crippen molar-refractivity contribution in [2.75, 3.05) is 33.2 Å². The highest BCUT2D eigenvalue weighted by Gasteiger charge is 2.38. The van der Waals surface area contributed by atoms with Crippen molar-refractivity contribution < 1.29 is 38.0 Å². The van der Waals surface area contributed by atoms with E-state index in [2.05, 4.69) is 6.07 Å². The molecule has 3 rings (SSSR count). The molecule has 2 heterocycles. The first-order valence-corrected chi connectivity index (χ1v) is 16.0. The van der Waals surface area contributed by atoms with Crippen LogP contribution in [0.25, 0.3) is 0 Å². The number of likely N-dealkylation sites (tertiary alicyclic amines) is 1. The fourth-order valence-electron chi connectivity index (χ4n) is 5.46. The predicted octanol–water partition coefficient (Wildman–Crippen LogP) is 6.40. The lowest BCUT2D eigenvalue weighted by Gasteiger charge is -2.42. The van der Waals surface area contributed by atoms with Gasteiger partial charge in [0.15, 0.2) is 0 Å². The number of piperidine rings is 1. The molecule has 244 valence electrons. The minimum absolute atomic E-state index is 0.110. The Morgan fingerprint density at radius 1 is 0.953 bits per heavy atom. The van der Waals surface area contributed by atoms with Crippen molar-refractivity contribution in [1.29, 1.82) is 0 Å². The Morgan fingerprint density at radius 2 is 1.67 bits per heavy atom. The molecule has 2 aliphatic rings. The van der Waals surface area contributed by atoms with Gasteiger partial charge >= 0.3 is 12.1 Å². The molecule has 1 aromatic heterocycles. The molecule has 10 nitrogen and oxygen atoms in total. The molecule has 0 bridgehead atoms. The average Bonchev–Trinajstić information content (AvgIpc) is 2.93. The zero-order chi connectivity index (χ0) is 31.5. The van der Waals surface area contributed by atoms with Crippen LogP contribution in [0.5, 0.6) is 5.88 Å². The Labute approximate surface area is 258 Å². The van der Waals surface area contributed by atoms with E-state index in [1.165, 1.54) is 0 Å². The number of pyridine rings is 1. The van der Waals surface area contributed by atoms with E-state index in [0.717, 1.165) is 44.2 Å². The molecule has 10 heteroatoms. The van der Waals surface area contributed by atoms with Gasteiger partial charge in [0.1, 0.15) is 18.0 Å². The molecule has 2 atom stereocenters. The van der Waals surface area contributed by atoms with E-state index < -0.39 is 11.2 Å². The predicted molar refractivity (Wildman–Crippen MR) is 163 cm³/mol. The van der Waals surface area contributed by atoms with Gasteiger partial charge in [0, 0.05) is 37.3 Å². The number of amides is 1. The molecule has 0 spiro atoms. The zero-order valence-corrected chi connectivity index (χ0v) is 27.4. The summed E-state index contributed by atoms with van der Waals surface area (Å²) in [5.74, 6) is 0.699. The van der Waals surface area contributed by atoms with Crippen molar-refractivity contribution in [3.63, 3.8) is 0 Å². The highest BCUT2D eigenvalue weighted by atomic mass is 16.7. The SMILES string of the molecule is CCOCO[C@H]1CCCN(C(=O)OC(C)(C)C)[C@H]1COC1CCC(c2cccc(OCCCC(=O)OC(C)(C)C)n2)CC1. The number of carbonyl (C=O) groups is 2. The van der Waals surface area contributed by atoms with E-state index in [0.29, 0.717) is 51.0 Å². The summed E-state index contributed by atoms with van der Waals surface area (Å²) >= 11 is 0. The zero-order valence-electron chi connectivity index (χ0n) is 27.4. The molecule has 1 saturated heterocycles. The first-order valence-electron chi connectivity index (χ1n) is 16.0. The highest BCUT2D eigenvalue weighted by Crippen LogP contribution is 2.34. The van der Waals surface area contributed by atoms with Crippen LogP contribution in [0, 0.1) is 0 Å². The van der Waals surface area contributed by atoms with Crippen molar-refractivity contribution >= 4 is 12.1 Å². The lowest BCUT2D eigenvalue weighted by Crippen LogP contribution is -2.55. The number of aromatic nitrogens is 1. The number of ether oxygens (including phenoxy) is 6. The van der Waals surface area contributed by atoms with Gasteiger partial charge < -0.3 is 33.3 Å². The standard InChI is InChI=1S/C33H54N2O8/c1-8-38-23-41-28-13-10-20-35(31(37)43-33(5,6)7)27(28)22-40-25-18-16-24(17-19-25)26-12-9-14-29(34-26)39-21-11-15-30(36)42-32(2,3)4/h9,12,14,24-25,27-28H,8,10-11,13,15-23H2,1-7H3/t24?,25?,27-,28-/m0/s1. The van der Waals surface area contributed by atoms with Crippen LogP contribution in [-0.2, 0) is 28.5 Å². The second kappa shape index (κ2) is 16.6. The van der Waals surface area contributed by atoms with Crippen LogP contribution in [0.15, 0.2) is 18.2 Å². The molecule has 0 N–H and O–H groups in total. The van der Waals surface area contributed by atoms with Gasteiger partial charge in [-0.3, -0.25) is 4.79 Å². The fraction of sp³-hybridized carbons (Fsp3) is 0.788. The number of carbonyl (C=O) groups excluding carboxylic acids is 2. The molecular formula is C33H54N2O8. The minimum atomic E-state index is -0.573. The maximum Gasteiger partial charge on any atom is 0.410 e. The van der Waals surface area contributed by atoms with E-state index >= 15 is 0 Å². The maximum atomic E-state index is 13.1. The van der Waals surface area contributed by atoms with Crippen LogP contribution in [0.2, 0.25) is 0 Å². The lowest BCUT2D eigenvalue weighted by molar-refractivity contribution is -0.155. The summed E-state index contributed by atoms with van der Waals surface area (Å²) in [4.78, 5) is 31.5. The number of esters is 1. The fourth-order valence-corrected chi connectivity index (χ4v) is 5.46. The van der Waals surface area contributed by atoms with Gasteiger partial charge in [0.25, 0.3) is 0 Å². The quantitative estimate of drug-likeness (QED) is 0.143. The summed E-state index contributed by atoms with van der Waals surface area (Å²) in [5.41, 5.74) is -0.0265. The smallest absolute Gasteiger partial charge is 0.410 e. The summed E-state index contributed by atoms with van der Waals surface area (Å²) in [6.07, 6.45) is 5.95. The molecule has 1 aliphatic carbocycles. The third-order valence-corrected chi connectivity index (χ3v) is 7.45. The van der Waals surface area contributed by atoms with E-state index in [9.17, 15) is 9.59 Å². The van der Waals surface area contributed by atoms with Gasteiger partial charge in [-0.05, 0) is 99.5 Å². The van der Waals surface area contributed by atoms with Crippen molar-refractivity contribution in [3.05, 3.63) is 23.9 Å². The summed E-state index contributed by atoms with van der Waals surface area (Å²) in [7, 11) is 0. The molecular weight excluding hydrogens is 552 g/mol. The van der Waals surface area contributed by atoms with Crippen molar-refractivity contribution in [2.45, 2.75) is 135 Å². The van der Waals surface area contributed by atoms with E-state index in [4.69, 9.17) is 33.4 Å². The Hall–Kier alpha value is -2.43. The first kappa shape index (κ1) is 35.1. The number of nitrogens with zero attached hydrogens (tertiary/aromatic N) is 2. The molecule has 2 fully saturated rings. The molecule has 1 aliphatic heterocycles. The first-order chi connectivity index (χ1) is 20.3. The lowest BCUT2D eigenvalue weighted by atomic mass is 9.85. The van der Waals surface area contributed by atoms with E-state index in [-0.39, 0.29) is 37.1 Å². The molecule has 1 aromatic rings. The number of hydrogen-bond acceptors (Lipinski definition) is 9. The minimum Gasteiger partial charge on any atom is -0.478 e. The van der Waals surface area contributed by atoms with E-state index in [1.807, 2.05) is 60.6 Å². The van der Waals surface area contributed by atoms with Gasteiger partial charge in [-0.15, -0.1) is 0 Å². The maximum absolute atomic E-state index is 13.1. The van der Waals surface area contributed by atoms with Crippen molar-refractivity contribution in [3.8, 4) is 5.88 Å². The molecule has 43 heavy (non-hydrogen) atoms. The summed E-state index contributed by atoms with van der Waals surface area (Å²) in [6, 6.07) is 5.66. The van der Waals surface area contributed by atoms with Crippen LogP contribution in [0.3, 0.4) is 0 Å². The third kappa shape index (κ3) is 12.6. The van der Waals surface area contributed by atoms with Crippen molar-refractivity contribution in [1.82, 2.24) is 9.88 Å². The number of hydrogen-bond donors (Lipinski definition) is 0. The topological polar surface area (TPSA) is 106 Å². The van der Waals surface area contributed by atoms with Gasteiger partial charge in [0.2, 0.25) is 5.88 Å². The van der Waals surface area contributed by atoms with Crippen LogP contribution in [0.4, 0.5) is 4.79 Å². The molecule has 0 aromatic carbocycles. The summed E-state index contributed by atoms with van der Waals surface area (Å²) < 4.78 is 34.8. The van der Waals surface area contributed by atoms with Crippen LogP contribution in [-0.4, -0.2) is 84.6 Å². The second-order valence-electron chi connectivity index (χ2n) is 13.4. The van der Waals surface area contributed by atoms with Gasteiger partial charge in [-0.1, -0.05) is 6.07 Å². The Bertz CT molecular complexity index is 997. The Kier molecular flexibility index (Phi) is 13.5. The molecule has 1 amide bonds.